The molecule has 1 aromatic rings. The molecule has 1 aromatic heterocycles. The highest BCUT2D eigenvalue weighted by Gasteiger charge is 2.30. The van der Waals surface area contributed by atoms with Gasteiger partial charge in [-0.05, 0) is 43.2 Å². The summed E-state index contributed by atoms with van der Waals surface area (Å²) in [5.41, 5.74) is 0. The first-order chi connectivity index (χ1) is 9.76. The van der Waals surface area contributed by atoms with Crippen molar-refractivity contribution in [1.29, 1.82) is 0 Å². The molecule has 0 aliphatic carbocycles. The molecule has 3 unspecified atom stereocenters. The van der Waals surface area contributed by atoms with Crippen LogP contribution in [0.2, 0.25) is 0 Å². The van der Waals surface area contributed by atoms with Crippen LogP contribution in [0.25, 0.3) is 0 Å². The lowest BCUT2D eigenvalue weighted by Gasteiger charge is -2.41. The van der Waals surface area contributed by atoms with Crippen molar-refractivity contribution in [3.05, 3.63) is 22.4 Å². The van der Waals surface area contributed by atoms with Crippen LogP contribution in [0.15, 0.2) is 17.5 Å². The van der Waals surface area contributed by atoms with Crippen molar-refractivity contribution in [3.63, 3.8) is 0 Å². The number of hydrogen-bond donors (Lipinski definition) is 1. The van der Waals surface area contributed by atoms with Gasteiger partial charge in [0.15, 0.2) is 0 Å². The molecule has 0 spiro atoms. The molecule has 0 amide bonds. The number of thiophene rings is 1. The fourth-order valence-electron chi connectivity index (χ4n) is 3.35. The number of likely N-dealkylation sites (tertiary alicyclic amines) is 1. The fourth-order valence-corrected chi connectivity index (χ4v) is 4.25. The van der Waals surface area contributed by atoms with Gasteiger partial charge in [-0.25, -0.2) is 0 Å². The second-order valence-electron chi connectivity index (χ2n) is 6.14. The summed E-state index contributed by atoms with van der Waals surface area (Å²) in [6.07, 6.45) is 5.10. The standard InChI is InChI=1S/C17H30N2S/c1-4-7-16(17-8-6-12-20-17)19-11-9-15(14(3)13-19)18-10-5-2/h6,8,12,14-16,18H,4-5,7,9-11,13H2,1-3H3. The molecule has 1 aliphatic rings. The van der Waals surface area contributed by atoms with E-state index in [-0.39, 0.29) is 0 Å². The number of piperidine rings is 1. The van der Waals surface area contributed by atoms with Crippen LogP contribution in [-0.4, -0.2) is 30.6 Å². The van der Waals surface area contributed by atoms with Gasteiger partial charge in [-0.3, -0.25) is 4.90 Å². The van der Waals surface area contributed by atoms with Crippen molar-refractivity contribution >= 4 is 11.3 Å². The Hall–Kier alpha value is -0.380. The van der Waals surface area contributed by atoms with E-state index in [9.17, 15) is 0 Å². The van der Waals surface area contributed by atoms with E-state index in [0.29, 0.717) is 6.04 Å². The van der Waals surface area contributed by atoms with Gasteiger partial charge in [-0.2, -0.15) is 0 Å². The van der Waals surface area contributed by atoms with Crippen molar-refractivity contribution in [3.8, 4) is 0 Å². The van der Waals surface area contributed by atoms with Gasteiger partial charge >= 0.3 is 0 Å². The van der Waals surface area contributed by atoms with Crippen LogP contribution < -0.4 is 5.32 Å². The summed E-state index contributed by atoms with van der Waals surface area (Å²) < 4.78 is 0. The van der Waals surface area contributed by atoms with E-state index in [1.54, 1.807) is 4.88 Å². The SMILES string of the molecule is CCCNC1CCN(C(CCC)c2cccs2)CC1C. The van der Waals surface area contributed by atoms with Crippen molar-refractivity contribution in [2.75, 3.05) is 19.6 Å². The molecule has 1 N–H and O–H groups in total. The third kappa shape index (κ3) is 4.06. The van der Waals surface area contributed by atoms with Crippen molar-refractivity contribution in [2.24, 2.45) is 5.92 Å². The predicted molar refractivity (Wildman–Crippen MR) is 89.4 cm³/mol. The highest BCUT2D eigenvalue weighted by molar-refractivity contribution is 7.10. The van der Waals surface area contributed by atoms with Crippen molar-refractivity contribution in [2.45, 2.75) is 58.5 Å². The Labute approximate surface area is 128 Å². The van der Waals surface area contributed by atoms with Crippen molar-refractivity contribution < 1.29 is 0 Å². The summed E-state index contributed by atoms with van der Waals surface area (Å²) in [7, 11) is 0. The summed E-state index contributed by atoms with van der Waals surface area (Å²) in [4.78, 5) is 4.28. The van der Waals surface area contributed by atoms with Crippen LogP contribution in [-0.2, 0) is 0 Å². The lowest BCUT2D eigenvalue weighted by atomic mass is 9.91. The van der Waals surface area contributed by atoms with E-state index >= 15 is 0 Å². The Morgan fingerprint density at radius 1 is 1.40 bits per heavy atom. The molecule has 1 saturated heterocycles. The predicted octanol–water partition coefficient (Wildman–Crippen LogP) is 4.30. The van der Waals surface area contributed by atoms with Gasteiger partial charge in [-0.15, -0.1) is 11.3 Å². The van der Waals surface area contributed by atoms with Gasteiger partial charge in [0.1, 0.15) is 0 Å². The summed E-state index contributed by atoms with van der Waals surface area (Å²) in [6.45, 7) is 10.6. The molecule has 3 atom stereocenters. The van der Waals surface area contributed by atoms with Crippen LogP contribution in [0.3, 0.4) is 0 Å². The Kier molecular flexibility index (Phi) is 6.53. The highest BCUT2D eigenvalue weighted by Crippen LogP contribution is 2.32. The average Bonchev–Trinajstić information content (AvgIpc) is 2.97. The largest absolute Gasteiger partial charge is 0.314 e. The van der Waals surface area contributed by atoms with Crippen LogP contribution in [0.5, 0.6) is 0 Å². The van der Waals surface area contributed by atoms with E-state index in [0.717, 1.165) is 18.5 Å². The van der Waals surface area contributed by atoms with Crippen LogP contribution in [0, 0.1) is 5.92 Å². The smallest absolute Gasteiger partial charge is 0.0441 e. The van der Waals surface area contributed by atoms with E-state index in [1.807, 2.05) is 11.3 Å². The van der Waals surface area contributed by atoms with E-state index in [4.69, 9.17) is 0 Å². The molecule has 0 bridgehead atoms. The van der Waals surface area contributed by atoms with Gasteiger partial charge < -0.3 is 5.32 Å². The minimum absolute atomic E-state index is 0.648. The number of nitrogens with zero attached hydrogens (tertiary/aromatic N) is 1. The molecule has 2 heterocycles. The first-order valence-electron chi connectivity index (χ1n) is 8.27. The summed E-state index contributed by atoms with van der Waals surface area (Å²) >= 11 is 1.92. The number of rotatable bonds is 7. The zero-order valence-corrected chi connectivity index (χ0v) is 14.1. The molecule has 0 saturated carbocycles. The topological polar surface area (TPSA) is 15.3 Å². The fraction of sp³-hybridized carbons (Fsp3) is 0.765. The summed E-state index contributed by atoms with van der Waals surface area (Å²) in [6, 6.07) is 5.88. The summed E-state index contributed by atoms with van der Waals surface area (Å²) in [5.74, 6) is 0.759. The molecule has 0 radical (unpaired) electrons. The quantitative estimate of drug-likeness (QED) is 0.806. The monoisotopic (exact) mass is 294 g/mol. The Morgan fingerprint density at radius 3 is 2.85 bits per heavy atom. The third-order valence-corrected chi connectivity index (χ3v) is 5.44. The molecular formula is C17H30N2S. The van der Waals surface area contributed by atoms with Crippen LogP contribution in [0.1, 0.15) is 57.4 Å². The lowest BCUT2D eigenvalue weighted by molar-refractivity contribution is 0.0999. The average molecular weight is 295 g/mol. The molecule has 114 valence electrons. The Bertz CT molecular complexity index is 363. The molecule has 0 aromatic carbocycles. The normalized spacial score (nSPS) is 25.8. The lowest BCUT2D eigenvalue weighted by Crippen LogP contribution is -2.49. The molecule has 1 fully saturated rings. The van der Waals surface area contributed by atoms with E-state index in [2.05, 4.69) is 48.5 Å². The highest BCUT2D eigenvalue weighted by atomic mass is 32.1. The second-order valence-corrected chi connectivity index (χ2v) is 7.12. The van der Waals surface area contributed by atoms with Gasteiger partial charge in [0.05, 0.1) is 0 Å². The maximum absolute atomic E-state index is 3.72. The first kappa shape index (κ1) is 16.0. The van der Waals surface area contributed by atoms with E-state index in [1.165, 1.54) is 38.8 Å². The molecule has 20 heavy (non-hydrogen) atoms. The minimum atomic E-state index is 0.648. The first-order valence-corrected chi connectivity index (χ1v) is 9.15. The Balaban J connectivity index is 1.95. The minimum Gasteiger partial charge on any atom is -0.314 e. The molecule has 3 heteroatoms. The molecule has 2 nitrogen and oxygen atoms in total. The second kappa shape index (κ2) is 8.16. The van der Waals surface area contributed by atoms with Gasteiger partial charge in [0, 0.05) is 30.1 Å². The van der Waals surface area contributed by atoms with E-state index < -0.39 is 0 Å². The maximum atomic E-state index is 3.72. The third-order valence-electron chi connectivity index (χ3n) is 4.47. The van der Waals surface area contributed by atoms with Crippen LogP contribution >= 0.6 is 11.3 Å². The van der Waals surface area contributed by atoms with Gasteiger partial charge in [-0.1, -0.05) is 33.3 Å². The Morgan fingerprint density at radius 2 is 2.25 bits per heavy atom. The maximum Gasteiger partial charge on any atom is 0.0441 e. The van der Waals surface area contributed by atoms with Gasteiger partial charge in [0.2, 0.25) is 0 Å². The molecular weight excluding hydrogens is 264 g/mol. The number of hydrogen-bond acceptors (Lipinski definition) is 3. The zero-order valence-electron chi connectivity index (χ0n) is 13.3. The molecule has 2 rings (SSSR count). The van der Waals surface area contributed by atoms with Gasteiger partial charge in [0.25, 0.3) is 0 Å². The zero-order chi connectivity index (χ0) is 14.4. The number of nitrogens with one attached hydrogen (secondary N) is 1. The van der Waals surface area contributed by atoms with Crippen LogP contribution in [0.4, 0.5) is 0 Å². The summed E-state index contributed by atoms with van der Waals surface area (Å²) in [5, 5.41) is 5.94. The molecule has 1 aliphatic heterocycles. The van der Waals surface area contributed by atoms with Crippen molar-refractivity contribution in [1.82, 2.24) is 10.2 Å².